The molecule has 1 heterocycles. The molecule has 1 aromatic carbocycles. The van der Waals surface area contributed by atoms with Gasteiger partial charge in [0.2, 0.25) is 5.91 Å². The Morgan fingerprint density at radius 2 is 2.25 bits per heavy atom. The number of carbonyl (C=O) groups is 1. The molecule has 0 spiro atoms. The number of nitrogens with one attached hydrogen (secondary N) is 2. The fourth-order valence-electron chi connectivity index (χ4n) is 2.47. The van der Waals surface area contributed by atoms with Crippen molar-refractivity contribution in [3.63, 3.8) is 0 Å². The van der Waals surface area contributed by atoms with Crippen LogP contribution in [0.4, 0.5) is 8.78 Å². The first-order valence-electron chi connectivity index (χ1n) is 7.01. The van der Waals surface area contributed by atoms with Crippen LogP contribution in [0.15, 0.2) is 18.2 Å². The molecule has 0 aromatic heterocycles. The maximum atomic E-state index is 13.1. The zero-order valence-electron chi connectivity index (χ0n) is 11.6. The van der Waals surface area contributed by atoms with Gasteiger partial charge < -0.3 is 10.6 Å². The van der Waals surface area contributed by atoms with Crippen LogP contribution in [0.25, 0.3) is 0 Å². The Balaban J connectivity index is 1.81. The molecule has 0 bridgehead atoms. The van der Waals surface area contributed by atoms with Gasteiger partial charge in [0.1, 0.15) is 0 Å². The summed E-state index contributed by atoms with van der Waals surface area (Å²) < 4.78 is 26.0. The summed E-state index contributed by atoms with van der Waals surface area (Å²) in [4.78, 5) is 11.8. The van der Waals surface area contributed by atoms with Gasteiger partial charge in [-0.2, -0.15) is 0 Å². The molecule has 2 rings (SSSR count). The smallest absolute Gasteiger partial charge is 0.220 e. The third-order valence-corrected chi connectivity index (χ3v) is 3.76. The van der Waals surface area contributed by atoms with Crippen molar-refractivity contribution in [3.05, 3.63) is 35.4 Å². The zero-order valence-corrected chi connectivity index (χ0v) is 11.6. The van der Waals surface area contributed by atoms with Crippen LogP contribution in [0.3, 0.4) is 0 Å². The van der Waals surface area contributed by atoms with Crippen LogP contribution in [0.1, 0.15) is 37.8 Å². The molecule has 20 heavy (non-hydrogen) atoms. The highest BCUT2D eigenvalue weighted by Gasteiger charge is 2.17. The number of hydrogen-bond donors (Lipinski definition) is 2. The average molecular weight is 282 g/mol. The van der Waals surface area contributed by atoms with E-state index >= 15 is 0 Å². The van der Waals surface area contributed by atoms with Crippen LogP contribution in [0.2, 0.25) is 0 Å². The van der Waals surface area contributed by atoms with E-state index in [1.165, 1.54) is 6.07 Å². The minimum atomic E-state index is -0.888. The molecule has 0 saturated carbocycles. The maximum absolute atomic E-state index is 13.1. The molecule has 3 nitrogen and oxygen atoms in total. The number of hydrogen-bond acceptors (Lipinski definition) is 2. The zero-order chi connectivity index (χ0) is 14.5. The minimum Gasteiger partial charge on any atom is -0.350 e. The maximum Gasteiger partial charge on any atom is 0.220 e. The number of halogens is 2. The lowest BCUT2D eigenvalue weighted by atomic mass is 10.0. The molecular weight excluding hydrogens is 262 g/mol. The molecule has 0 aliphatic carbocycles. The normalized spacial score (nSPS) is 19.9. The van der Waals surface area contributed by atoms with Crippen molar-refractivity contribution in [3.8, 4) is 0 Å². The average Bonchev–Trinajstić information content (AvgIpc) is 2.92. The second kappa shape index (κ2) is 6.79. The van der Waals surface area contributed by atoms with E-state index in [1.54, 1.807) is 6.92 Å². The van der Waals surface area contributed by atoms with E-state index < -0.39 is 11.6 Å². The van der Waals surface area contributed by atoms with Gasteiger partial charge in [-0.15, -0.1) is 0 Å². The van der Waals surface area contributed by atoms with Crippen molar-refractivity contribution in [2.24, 2.45) is 5.92 Å². The molecule has 2 atom stereocenters. The van der Waals surface area contributed by atoms with Gasteiger partial charge in [0, 0.05) is 6.42 Å². The Kier molecular flexibility index (Phi) is 5.06. The first kappa shape index (κ1) is 14.9. The molecule has 0 radical (unpaired) electrons. The van der Waals surface area contributed by atoms with Crippen LogP contribution in [0, 0.1) is 17.6 Å². The SMILES string of the molecule is CC(NC(=O)CCC1CCNC1)c1ccc(F)c(F)c1. The molecule has 1 fully saturated rings. The highest BCUT2D eigenvalue weighted by Crippen LogP contribution is 2.17. The summed E-state index contributed by atoms with van der Waals surface area (Å²) >= 11 is 0. The van der Waals surface area contributed by atoms with Crippen LogP contribution in [-0.2, 0) is 4.79 Å². The van der Waals surface area contributed by atoms with Gasteiger partial charge in [0.05, 0.1) is 6.04 Å². The van der Waals surface area contributed by atoms with Crippen molar-refractivity contribution in [1.29, 1.82) is 0 Å². The van der Waals surface area contributed by atoms with E-state index in [-0.39, 0.29) is 11.9 Å². The summed E-state index contributed by atoms with van der Waals surface area (Å²) in [7, 11) is 0. The Morgan fingerprint density at radius 3 is 2.90 bits per heavy atom. The number of amides is 1. The lowest BCUT2D eigenvalue weighted by Crippen LogP contribution is -2.27. The first-order valence-corrected chi connectivity index (χ1v) is 7.01. The lowest BCUT2D eigenvalue weighted by Gasteiger charge is -2.15. The van der Waals surface area contributed by atoms with E-state index in [2.05, 4.69) is 10.6 Å². The van der Waals surface area contributed by atoms with Gasteiger partial charge in [0.15, 0.2) is 11.6 Å². The highest BCUT2D eigenvalue weighted by molar-refractivity contribution is 5.76. The molecule has 5 heteroatoms. The van der Waals surface area contributed by atoms with Crippen molar-refractivity contribution in [1.82, 2.24) is 10.6 Å². The predicted octanol–water partition coefficient (Wildman–Crippen LogP) is 2.53. The standard InChI is InChI=1S/C15H20F2N2O/c1-10(12-3-4-13(16)14(17)8-12)19-15(20)5-2-11-6-7-18-9-11/h3-4,8,10-11,18H,2,5-7,9H2,1H3,(H,19,20). The van der Waals surface area contributed by atoms with Crippen molar-refractivity contribution in [2.45, 2.75) is 32.2 Å². The van der Waals surface area contributed by atoms with E-state index in [1.807, 2.05) is 0 Å². The van der Waals surface area contributed by atoms with Gasteiger partial charge in [-0.1, -0.05) is 6.07 Å². The number of carbonyl (C=O) groups excluding carboxylic acids is 1. The molecule has 110 valence electrons. The molecule has 1 amide bonds. The Hall–Kier alpha value is -1.49. The fourth-order valence-corrected chi connectivity index (χ4v) is 2.47. The van der Waals surface area contributed by atoms with Crippen molar-refractivity contribution >= 4 is 5.91 Å². The van der Waals surface area contributed by atoms with E-state index in [9.17, 15) is 13.6 Å². The molecule has 1 aromatic rings. The Bertz CT molecular complexity index is 473. The van der Waals surface area contributed by atoms with Gasteiger partial charge in [-0.05, 0) is 56.5 Å². The molecular formula is C15H20F2N2O. The van der Waals surface area contributed by atoms with E-state index in [0.29, 0.717) is 17.9 Å². The summed E-state index contributed by atoms with van der Waals surface area (Å²) in [5, 5.41) is 6.08. The number of benzene rings is 1. The highest BCUT2D eigenvalue weighted by atomic mass is 19.2. The second-order valence-corrected chi connectivity index (χ2v) is 5.36. The molecule has 1 saturated heterocycles. The van der Waals surface area contributed by atoms with Gasteiger partial charge >= 0.3 is 0 Å². The molecule has 1 aliphatic rings. The molecule has 1 aliphatic heterocycles. The third kappa shape index (κ3) is 4.00. The van der Waals surface area contributed by atoms with Gasteiger partial charge in [0.25, 0.3) is 0 Å². The monoisotopic (exact) mass is 282 g/mol. The quantitative estimate of drug-likeness (QED) is 0.871. The van der Waals surface area contributed by atoms with Crippen molar-refractivity contribution < 1.29 is 13.6 Å². The predicted molar refractivity (Wildman–Crippen MR) is 73.1 cm³/mol. The van der Waals surface area contributed by atoms with E-state index in [4.69, 9.17) is 0 Å². The fraction of sp³-hybridized carbons (Fsp3) is 0.533. The first-order chi connectivity index (χ1) is 9.56. The lowest BCUT2D eigenvalue weighted by molar-refractivity contribution is -0.122. The van der Waals surface area contributed by atoms with Crippen LogP contribution in [-0.4, -0.2) is 19.0 Å². The summed E-state index contributed by atoms with van der Waals surface area (Å²) in [5.41, 5.74) is 0.569. The summed E-state index contributed by atoms with van der Waals surface area (Å²) in [5.74, 6) is -1.24. The number of rotatable bonds is 5. The summed E-state index contributed by atoms with van der Waals surface area (Å²) in [6.07, 6.45) is 2.45. The largest absolute Gasteiger partial charge is 0.350 e. The van der Waals surface area contributed by atoms with Gasteiger partial charge in [-0.25, -0.2) is 8.78 Å². The second-order valence-electron chi connectivity index (χ2n) is 5.36. The Labute approximate surface area is 117 Å². The topological polar surface area (TPSA) is 41.1 Å². The molecule has 2 unspecified atom stereocenters. The van der Waals surface area contributed by atoms with Crippen LogP contribution >= 0.6 is 0 Å². The van der Waals surface area contributed by atoms with Crippen LogP contribution in [0.5, 0.6) is 0 Å². The Morgan fingerprint density at radius 1 is 1.45 bits per heavy atom. The molecule has 2 N–H and O–H groups in total. The van der Waals surface area contributed by atoms with Gasteiger partial charge in [-0.3, -0.25) is 4.79 Å². The summed E-state index contributed by atoms with van der Waals surface area (Å²) in [6, 6.07) is 3.38. The van der Waals surface area contributed by atoms with E-state index in [0.717, 1.165) is 38.1 Å². The summed E-state index contributed by atoms with van der Waals surface area (Å²) in [6.45, 7) is 3.77. The van der Waals surface area contributed by atoms with Crippen molar-refractivity contribution in [2.75, 3.05) is 13.1 Å². The third-order valence-electron chi connectivity index (χ3n) is 3.76. The van der Waals surface area contributed by atoms with Crippen LogP contribution < -0.4 is 10.6 Å². The minimum absolute atomic E-state index is 0.0471.